The third-order valence-corrected chi connectivity index (χ3v) is 4.14. The molecule has 2 aliphatic heterocycles. The first-order chi connectivity index (χ1) is 8.74. The molecule has 2 aliphatic rings. The quantitative estimate of drug-likeness (QED) is 0.811. The van der Waals surface area contributed by atoms with Gasteiger partial charge in [-0.3, -0.25) is 9.69 Å². The third kappa shape index (κ3) is 2.08. The monoisotopic (exact) mass is 245 g/mol. The predicted molar refractivity (Wildman–Crippen MR) is 71.3 cm³/mol. The molecule has 3 rings (SSSR count). The van der Waals surface area contributed by atoms with Crippen LogP contribution in [0.1, 0.15) is 12.0 Å². The molecule has 2 atom stereocenters. The van der Waals surface area contributed by atoms with Gasteiger partial charge in [0.2, 0.25) is 5.91 Å². The van der Waals surface area contributed by atoms with E-state index in [1.807, 2.05) is 0 Å². The molecular weight excluding hydrogens is 226 g/mol. The van der Waals surface area contributed by atoms with Crippen molar-refractivity contribution in [2.45, 2.75) is 18.9 Å². The van der Waals surface area contributed by atoms with Gasteiger partial charge in [0.25, 0.3) is 0 Å². The Bertz CT molecular complexity index is 460. The molecule has 1 fully saturated rings. The molecule has 0 aliphatic carbocycles. The Morgan fingerprint density at radius 3 is 3.00 bits per heavy atom. The van der Waals surface area contributed by atoms with Crippen LogP contribution >= 0.6 is 0 Å². The van der Waals surface area contributed by atoms with Crippen molar-refractivity contribution in [1.82, 2.24) is 4.90 Å². The Labute approximate surface area is 107 Å². The Kier molecular flexibility index (Phi) is 2.96. The minimum absolute atomic E-state index is 0.0437. The Morgan fingerprint density at radius 2 is 2.22 bits per heavy atom. The molecule has 2 unspecified atom stereocenters. The number of carbonyl (C=O) groups excluding carboxylic acids is 1. The van der Waals surface area contributed by atoms with Crippen molar-refractivity contribution < 1.29 is 4.79 Å². The Hall–Kier alpha value is -1.55. The molecule has 3 N–H and O–H groups in total. The van der Waals surface area contributed by atoms with Gasteiger partial charge in [0.15, 0.2) is 0 Å². The first-order valence-electron chi connectivity index (χ1n) is 6.59. The van der Waals surface area contributed by atoms with E-state index in [-0.39, 0.29) is 11.8 Å². The van der Waals surface area contributed by atoms with Crippen LogP contribution < -0.4 is 11.1 Å². The number of hydrogen-bond acceptors (Lipinski definition) is 3. The largest absolute Gasteiger partial charge is 0.383 e. The normalized spacial score (nSPS) is 27.6. The highest BCUT2D eigenvalue weighted by Crippen LogP contribution is 2.26. The van der Waals surface area contributed by atoms with Gasteiger partial charge in [-0.1, -0.05) is 18.2 Å². The van der Waals surface area contributed by atoms with Crippen LogP contribution in [0.4, 0.5) is 5.69 Å². The van der Waals surface area contributed by atoms with Gasteiger partial charge >= 0.3 is 0 Å². The van der Waals surface area contributed by atoms with E-state index < -0.39 is 0 Å². The van der Waals surface area contributed by atoms with Crippen LogP contribution in [0.25, 0.3) is 0 Å². The van der Waals surface area contributed by atoms with E-state index in [0.717, 1.165) is 32.5 Å². The van der Waals surface area contributed by atoms with Gasteiger partial charge < -0.3 is 11.1 Å². The molecule has 4 nitrogen and oxygen atoms in total. The van der Waals surface area contributed by atoms with Crippen LogP contribution in [-0.4, -0.2) is 36.5 Å². The van der Waals surface area contributed by atoms with E-state index >= 15 is 0 Å². The number of amides is 1. The van der Waals surface area contributed by atoms with Gasteiger partial charge in [-0.15, -0.1) is 0 Å². The van der Waals surface area contributed by atoms with E-state index in [0.29, 0.717) is 6.04 Å². The number of nitrogens with one attached hydrogen (secondary N) is 1. The van der Waals surface area contributed by atoms with Crippen LogP contribution in [0.15, 0.2) is 24.3 Å². The van der Waals surface area contributed by atoms with Gasteiger partial charge in [0.1, 0.15) is 0 Å². The highest BCUT2D eigenvalue weighted by atomic mass is 16.1. The minimum atomic E-state index is -0.151. The van der Waals surface area contributed by atoms with Gasteiger partial charge in [-0.2, -0.15) is 0 Å². The van der Waals surface area contributed by atoms with Gasteiger partial charge in [-0.05, 0) is 31.0 Å². The average Bonchev–Trinajstić information content (AvgIpc) is 2.88. The molecule has 4 heteroatoms. The van der Waals surface area contributed by atoms with Crippen molar-refractivity contribution in [3.05, 3.63) is 29.8 Å². The maximum atomic E-state index is 11.2. The summed E-state index contributed by atoms with van der Waals surface area (Å²) in [5, 5.41) is 3.48. The van der Waals surface area contributed by atoms with Gasteiger partial charge in [0.05, 0.1) is 5.92 Å². The van der Waals surface area contributed by atoms with E-state index in [2.05, 4.69) is 34.5 Å². The number of nitrogens with two attached hydrogens (primary N) is 1. The van der Waals surface area contributed by atoms with Gasteiger partial charge in [0, 0.05) is 24.8 Å². The maximum Gasteiger partial charge on any atom is 0.221 e. The fourth-order valence-electron chi connectivity index (χ4n) is 3.03. The molecule has 1 aromatic carbocycles. The van der Waals surface area contributed by atoms with Crippen molar-refractivity contribution >= 4 is 11.6 Å². The molecular formula is C14H19N3O. The van der Waals surface area contributed by atoms with Crippen LogP contribution in [-0.2, 0) is 11.2 Å². The number of primary amides is 1. The summed E-state index contributed by atoms with van der Waals surface area (Å²) < 4.78 is 0. The van der Waals surface area contributed by atoms with Crippen LogP contribution in [0.2, 0.25) is 0 Å². The molecule has 0 bridgehead atoms. The summed E-state index contributed by atoms with van der Waals surface area (Å²) in [7, 11) is 0. The number of benzene rings is 1. The van der Waals surface area contributed by atoms with E-state index in [1.54, 1.807) is 0 Å². The van der Waals surface area contributed by atoms with Crippen LogP contribution in [0.3, 0.4) is 0 Å². The van der Waals surface area contributed by atoms with Crippen molar-refractivity contribution in [2.24, 2.45) is 11.7 Å². The lowest BCUT2D eigenvalue weighted by Crippen LogP contribution is -2.43. The number of hydrogen-bond donors (Lipinski definition) is 2. The number of likely N-dealkylation sites (tertiary alicyclic amines) is 1. The molecule has 0 spiro atoms. The van der Waals surface area contributed by atoms with E-state index in [9.17, 15) is 4.79 Å². The molecule has 0 aromatic heterocycles. The minimum Gasteiger partial charge on any atom is -0.383 e. The first kappa shape index (κ1) is 11.5. The molecule has 18 heavy (non-hydrogen) atoms. The lowest BCUT2D eigenvalue weighted by atomic mass is 9.99. The summed E-state index contributed by atoms with van der Waals surface area (Å²) in [6.07, 6.45) is 1.97. The Morgan fingerprint density at radius 1 is 1.39 bits per heavy atom. The fraction of sp³-hybridized carbons (Fsp3) is 0.500. The molecule has 0 radical (unpaired) electrons. The predicted octanol–water partition coefficient (Wildman–Crippen LogP) is 0.830. The van der Waals surface area contributed by atoms with E-state index in [4.69, 9.17) is 5.73 Å². The number of anilines is 1. The lowest BCUT2D eigenvalue weighted by Gasteiger charge is -2.33. The van der Waals surface area contributed by atoms with Crippen molar-refractivity contribution in [3.63, 3.8) is 0 Å². The maximum absolute atomic E-state index is 11.2. The average molecular weight is 245 g/mol. The van der Waals surface area contributed by atoms with Crippen molar-refractivity contribution in [1.29, 1.82) is 0 Å². The smallest absolute Gasteiger partial charge is 0.221 e. The van der Waals surface area contributed by atoms with Crippen molar-refractivity contribution in [2.75, 3.05) is 25.0 Å². The Balaban J connectivity index is 1.68. The lowest BCUT2D eigenvalue weighted by molar-refractivity contribution is -0.121. The first-order valence-corrected chi connectivity index (χ1v) is 6.59. The zero-order valence-electron chi connectivity index (χ0n) is 10.4. The number of nitrogens with zero attached hydrogens (tertiary/aromatic N) is 1. The second-order valence-corrected chi connectivity index (χ2v) is 5.28. The third-order valence-electron chi connectivity index (χ3n) is 4.14. The standard InChI is InChI=1S/C14H19N3O/c15-14(18)11-5-6-17(9-11)12-7-10-3-1-2-4-13(10)16-8-12/h1-4,11-12,16H,5-9H2,(H2,15,18). The van der Waals surface area contributed by atoms with Gasteiger partial charge in [-0.25, -0.2) is 0 Å². The molecule has 0 saturated carbocycles. The summed E-state index contributed by atoms with van der Waals surface area (Å²) in [5.41, 5.74) is 8.01. The molecule has 1 saturated heterocycles. The number of fused-ring (bicyclic) bond motifs is 1. The summed E-state index contributed by atoms with van der Waals surface area (Å²) in [4.78, 5) is 13.6. The highest BCUT2D eigenvalue weighted by Gasteiger charge is 2.32. The van der Waals surface area contributed by atoms with Crippen molar-refractivity contribution in [3.8, 4) is 0 Å². The summed E-state index contributed by atoms with van der Waals surface area (Å²) >= 11 is 0. The fourth-order valence-corrected chi connectivity index (χ4v) is 3.03. The SMILES string of the molecule is NC(=O)C1CCN(C2CNc3ccccc3C2)C1. The van der Waals surface area contributed by atoms with Crippen LogP contribution in [0.5, 0.6) is 0 Å². The van der Waals surface area contributed by atoms with E-state index in [1.165, 1.54) is 11.3 Å². The van der Waals surface area contributed by atoms with Crippen LogP contribution in [0, 0.1) is 5.92 Å². The second kappa shape index (κ2) is 4.61. The molecule has 96 valence electrons. The number of carbonyl (C=O) groups is 1. The summed E-state index contributed by atoms with van der Waals surface area (Å²) in [6.45, 7) is 2.77. The molecule has 2 heterocycles. The topological polar surface area (TPSA) is 58.4 Å². The molecule has 1 amide bonds. The second-order valence-electron chi connectivity index (χ2n) is 5.28. The summed E-state index contributed by atoms with van der Waals surface area (Å²) in [6, 6.07) is 8.94. The molecule has 1 aromatic rings. The highest BCUT2D eigenvalue weighted by molar-refractivity contribution is 5.77. The summed E-state index contributed by atoms with van der Waals surface area (Å²) in [5.74, 6) is -0.108. The number of para-hydroxylation sites is 1. The zero-order chi connectivity index (χ0) is 12.5. The zero-order valence-corrected chi connectivity index (χ0v) is 10.4. The number of rotatable bonds is 2.